The first-order valence-electron chi connectivity index (χ1n) is 15.7. The van der Waals surface area contributed by atoms with Crippen molar-refractivity contribution in [1.29, 1.82) is 0 Å². The number of anilines is 2. The minimum Gasteiger partial charge on any atom is -0.366 e. The van der Waals surface area contributed by atoms with Crippen molar-refractivity contribution < 1.29 is 43.9 Å². The van der Waals surface area contributed by atoms with E-state index in [2.05, 4.69) is 9.97 Å². The Morgan fingerprint density at radius 2 is 1.48 bits per heavy atom. The van der Waals surface area contributed by atoms with Gasteiger partial charge in [0, 0.05) is 50.4 Å². The average Bonchev–Trinajstić information content (AvgIpc) is 3.61. The summed E-state index contributed by atoms with van der Waals surface area (Å²) in [7, 11) is -4.70. The average molecular weight is 722 g/mol. The van der Waals surface area contributed by atoms with Crippen LogP contribution in [0.2, 0.25) is 0 Å². The third-order valence-electron chi connectivity index (χ3n) is 8.82. The second-order valence-electron chi connectivity index (χ2n) is 12.0. The zero-order valence-corrected chi connectivity index (χ0v) is 27.1. The summed E-state index contributed by atoms with van der Waals surface area (Å²) in [6.45, 7) is 1.49. The van der Waals surface area contributed by atoms with E-state index in [4.69, 9.17) is 0 Å². The van der Waals surface area contributed by atoms with Gasteiger partial charge in [0.25, 0.3) is 0 Å². The second-order valence-corrected chi connectivity index (χ2v) is 13.8. The Balaban J connectivity index is 1.23. The number of rotatable bonds is 9. The molecular formula is C34H30F7N5O3S. The molecule has 2 aliphatic heterocycles. The molecule has 2 fully saturated rings. The van der Waals surface area contributed by atoms with Crippen molar-refractivity contribution in [2.75, 3.05) is 42.5 Å². The smallest absolute Gasteiger partial charge is 0.366 e. The molecule has 0 aliphatic carbocycles. The number of piperazine rings is 1. The van der Waals surface area contributed by atoms with Gasteiger partial charge in [0.1, 0.15) is 10.7 Å². The Labute approximate surface area is 283 Å². The van der Waals surface area contributed by atoms with E-state index in [9.17, 15) is 43.9 Å². The first-order valence-corrected chi connectivity index (χ1v) is 17.2. The number of benzene rings is 3. The lowest BCUT2D eigenvalue weighted by Gasteiger charge is -2.36. The molecule has 1 atom stereocenters. The van der Waals surface area contributed by atoms with Crippen LogP contribution in [0.4, 0.5) is 42.4 Å². The molecule has 2 saturated heterocycles. The van der Waals surface area contributed by atoms with E-state index < -0.39 is 55.9 Å². The lowest BCUT2D eigenvalue weighted by atomic mass is 10.0. The molecule has 0 radical (unpaired) electrons. The molecule has 16 heteroatoms. The predicted octanol–water partition coefficient (Wildman–Crippen LogP) is 6.40. The molecule has 4 aromatic rings. The quantitative estimate of drug-likeness (QED) is 0.146. The molecule has 8 nitrogen and oxygen atoms in total. The molecule has 2 aliphatic rings. The number of nitrogens with zero attached hydrogens (tertiary/aromatic N) is 5. The molecule has 3 heterocycles. The topological polar surface area (TPSA) is 86.7 Å². The number of carbonyl (C=O) groups excluding carboxylic acids is 1. The lowest BCUT2D eigenvalue weighted by molar-refractivity contribution is -0.137. The Hall–Kier alpha value is -4.57. The fraction of sp³-hybridized carbons (Fsp3) is 0.324. The van der Waals surface area contributed by atoms with Crippen molar-refractivity contribution in [1.82, 2.24) is 14.3 Å². The highest BCUT2D eigenvalue weighted by Gasteiger charge is 2.41. The molecule has 3 aromatic carbocycles. The number of sulfonamides is 1. The highest BCUT2D eigenvalue weighted by atomic mass is 32.2. The van der Waals surface area contributed by atoms with E-state index in [0.29, 0.717) is 61.0 Å². The normalized spacial score (nSPS) is 17.4. The van der Waals surface area contributed by atoms with Crippen LogP contribution in [0, 0.1) is 23.3 Å². The van der Waals surface area contributed by atoms with Gasteiger partial charge >= 0.3 is 6.18 Å². The molecule has 0 spiro atoms. The maximum atomic E-state index is 14.5. The number of hydrogen-bond donors (Lipinski definition) is 0. The van der Waals surface area contributed by atoms with E-state index >= 15 is 0 Å². The summed E-state index contributed by atoms with van der Waals surface area (Å²) in [4.78, 5) is 25.3. The van der Waals surface area contributed by atoms with Gasteiger partial charge in [0.15, 0.2) is 23.2 Å². The molecule has 0 bridgehead atoms. The van der Waals surface area contributed by atoms with E-state index in [1.165, 1.54) is 24.3 Å². The molecule has 6 rings (SSSR count). The van der Waals surface area contributed by atoms with Gasteiger partial charge in [-0.05, 0) is 61.7 Å². The van der Waals surface area contributed by atoms with Crippen molar-refractivity contribution in [2.45, 2.75) is 42.8 Å². The molecule has 264 valence electrons. The predicted molar refractivity (Wildman–Crippen MR) is 170 cm³/mol. The van der Waals surface area contributed by atoms with Crippen molar-refractivity contribution >= 4 is 27.4 Å². The van der Waals surface area contributed by atoms with Crippen molar-refractivity contribution in [3.8, 4) is 11.3 Å². The third-order valence-corrected chi connectivity index (χ3v) is 10.7. The van der Waals surface area contributed by atoms with Crippen LogP contribution in [0.3, 0.4) is 0 Å². The highest BCUT2D eigenvalue weighted by molar-refractivity contribution is 7.89. The third kappa shape index (κ3) is 7.17. The van der Waals surface area contributed by atoms with Crippen LogP contribution >= 0.6 is 0 Å². The number of ketones is 1. The molecular weight excluding hydrogens is 691 g/mol. The Bertz CT molecular complexity index is 2000. The van der Waals surface area contributed by atoms with Crippen LogP contribution in [0.15, 0.2) is 71.6 Å². The maximum absolute atomic E-state index is 14.5. The molecule has 0 amide bonds. The summed E-state index contributed by atoms with van der Waals surface area (Å²) in [5.74, 6) is -5.99. The number of alkyl halides is 3. The Kier molecular flexibility index (Phi) is 9.86. The number of halogens is 7. The summed E-state index contributed by atoms with van der Waals surface area (Å²) in [5, 5.41) is 0. The van der Waals surface area contributed by atoms with E-state index in [1.807, 2.05) is 9.80 Å². The zero-order chi connectivity index (χ0) is 35.8. The summed E-state index contributed by atoms with van der Waals surface area (Å²) in [5.41, 5.74) is 0.613. The van der Waals surface area contributed by atoms with Crippen molar-refractivity contribution in [2.24, 2.45) is 0 Å². The number of carbonyl (C=O) groups is 1. The van der Waals surface area contributed by atoms with E-state index in [-0.39, 0.29) is 44.0 Å². The summed E-state index contributed by atoms with van der Waals surface area (Å²) in [6, 6.07) is 12.2. The summed E-state index contributed by atoms with van der Waals surface area (Å²) >= 11 is 0. The van der Waals surface area contributed by atoms with Gasteiger partial charge in [-0.15, -0.1) is 0 Å². The number of aromatic nitrogens is 2. The fourth-order valence-electron chi connectivity index (χ4n) is 6.19. The SMILES string of the molecule is O=C(CCc1cc(-c2ccc(C(F)(F)F)cc2)nc(N2CCN(c3ccccc3F)CC2)n1)[C@@H]1CCCN1S(=O)(=O)c1ccc(F)c(F)c1F. The van der Waals surface area contributed by atoms with Crippen molar-refractivity contribution in [3.05, 3.63) is 101 Å². The van der Waals surface area contributed by atoms with Gasteiger partial charge < -0.3 is 9.80 Å². The number of para-hydroxylation sites is 1. The molecule has 0 N–H and O–H groups in total. The first kappa shape index (κ1) is 35.3. The van der Waals surface area contributed by atoms with Crippen LogP contribution in [-0.4, -0.2) is 67.2 Å². The lowest BCUT2D eigenvalue weighted by Crippen LogP contribution is -2.47. The largest absolute Gasteiger partial charge is 0.416 e. The minimum atomic E-state index is -4.70. The maximum Gasteiger partial charge on any atom is 0.416 e. The number of aryl methyl sites for hydroxylation is 1. The standard InChI is InChI=1S/C34H30F7N5O3S/c35-24-4-1-2-5-27(24)44-16-18-45(19-17-44)33-42-23(20-26(43-33)21-7-9-22(10-8-21)34(39,40)41)11-13-29(47)28-6-3-15-46(28)50(48,49)30-14-12-25(36)31(37)32(30)38/h1-2,4-5,7-10,12,14,20,28H,3,6,11,13,15-19H2/t28-/m0/s1. The summed E-state index contributed by atoms with van der Waals surface area (Å²) in [6.07, 6.45) is -4.35. The van der Waals surface area contributed by atoms with Crippen LogP contribution in [0.5, 0.6) is 0 Å². The van der Waals surface area contributed by atoms with Crippen LogP contribution in [-0.2, 0) is 27.4 Å². The monoisotopic (exact) mass is 721 g/mol. The van der Waals surface area contributed by atoms with Crippen LogP contribution < -0.4 is 9.80 Å². The Morgan fingerprint density at radius 1 is 0.800 bits per heavy atom. The second kappa shape index (κ2) is 14.0. The molecule has 50 heavy (non-hydrogen) atoms. The van der Waals surface area contributed by atoms with E-state index in [0.717, 1.165) is 16.4 Å². The minimum absolute atomic E-state index is 0.00110. The van der Waals surface area contributed by atoms with Gasteiger partial charge in [-0.1, -0.05) is 24.3 Å². The fourth-order valence-corrected chi connectivity index (χ4v) is 7.92. The van der Waals surface area contributed by atoms with Gasteiger partial charge in [-0.3, -0.25) is 4.79 Å². The Morgan fingerprint density at radius 3 is 2.16 bits per heavy atom. The van der Waals surface area contributed by atoms with E-state index in [1.54, 1.807) is 18.2 Å². The zero-order valence-electron chi connectivity index (χ0n) is 26.3. The van der Waals surface area contributed by atoms with Gasteiger partial charge in [-0.25, -0.2) is 35.9 Å². The number of Topliss-reactive ketones (excluding diaryl/α,β-unsaturated/α-hetero) is 1. The molecule has 0 saturated carbocycles. The molecule has 0 unspecified atom stereocenters. The van der Waals surface area contributed by atoms with Crippen LogP contribution in [0.25, 0.3) is 11.3 Å². The van der Waals surface area contributed by atoms with Gasteiger partial charge in [-0.2, -0.15) is 17.5 Å². The van der Waals surface area contributed by atoms with Gasteiger partial charge in [0.2, 0.25) is 16.0 Å². The van der Waals surface area contributed by atoms with Crippen molar-refractivity contribution in [3.63, 3.8) is 0 Å². The highest BCUT2D eigenvalue weighted by Crippen LogP contribution is 2.33. The number of hydrogen-bond acceptors (Lipinski definition) is 7. The molecule has 1 aromatic heterocycles. The van der Waals surface area contributed by atoms with Crippen LogP contribution in [0.1, 0.15) is 30.5 Å². The first-order chi connectivity index (χ1) is 23.7. The van der Waals surface area contributed by atoms with Gasteiger partial charge in [0.05, 0.1) is 23.0 Å². The summed E-state index contributed by atoms with van der Waals surface area (Å²) < 4.78 is 123.